The number of carboxylic acid groups (broad SMARTS) is 1. The zero-order chi connectivity index (χ0) is 15.9. The lowest BCUT2D eigenvalue weighted by Crippen LogP contribution is -2.44. The van der Waals surface area contributed by atoms with E-state index in [0.717, 1.165) is 31.7 Å². The normalized spacial score (nSPS) is 15.5. The molecule has 1 saturated heterocycles. The maximum absolute atomic E-state index is 11.6. The molecule has 0 aromatic heterocycles. The molecule has 2 rings (SSSR count). The van der Waals surface area contributed by atoms with Crippen molar-refractivity contribution in [1.82, 2.24) is 10.2 Å². The van der Waals surface area contributed by atoms with E-state index in [1.54, 1.807) is 0 Å². The van der Waals surface area contributed by atoms with Gasteiger partial charge in [-0.2, -0.15) is 0 Å². The summed E-state index contributed by atoms with van der Waals surface area (Å²) >= 11 is 0. The van der Waals surface area contributed by atoms with Crippen molar-refractivity contribution in [3.8, 4) is 5.75 Å². The third-order valence-electron chi connectivity index (χ3n) is 3.66. The van der Waals surface area contributed by atoms with Crippen molar-refractivity contribution < 1.29 is 19.4 Å². The molecule has 0 aliphatic carbocycles. The summed E-state index contributed by atoms with van der Waals surface area (Å²) in [5, 5.41) is 10.9. The fourth-order valence-corrected chi connectivity index (χ4v) is 2.43. The number of carbonyl (C=O) groups is 2. The first kappa shape index (κ1) is 19.3. The largest absolute Gasteiger partial charge is 0.490 e. The molecule has 1 aromatic rings. The average molecular weight is 343 g/mol. The predicted molar refractivity (Wildman–Crippen MR) is 89.2 cm³/mol. The van der Waals surface area contributed by atoms with E-state index < -0.39 is 5.97 Å². The first-order chi connectivity index (χ1) is 10.5. The van der Waals surface area contributed by atoms with Gasteiger partial charge in [0.1, 0.15) is 18.4 Å². The Morgan fingerprint density at radius 3 is 2.43 bits per heavy atom. The van der Waals surface area contributed by atoms with Crippen molar-refractivity contribution in [2.45, 2.75) is 25.9 Å². The van der Waals surface area contributed by atoms with Crippen LogP contribution < -0.4 is 10.1 Å². The lowest BCUT2D eigenvalue weighted by molar-refractivity contribution is -0.138. The number of hydrogen-bond acceptors (Lipinski definition) is 4. The lowest BCUT2D eigenvalue weighted by atomic mass is 10.1. The van der Waals surface area contributed by atoms with Gasteiger partial charge in [-0.25, -0.2) is 0 Å². The number of carbonyl (C=O) groups excluding carboxylic acids is 1. The Bertz CT molecular complexity index is 513. The Hall–Kier alpha value is -1.79. The van der Waals surface area contributed by atoms with Crippen LogP contribution in [-0.2, 0) is 9.59 Å². The molecule has 0 bridgehead atoms. The van der Waals surface area contributed by atoms with Crippen LogP contribution >= 0.6 is 12.4 Å². The minimum Gasteiger partial charge on any atom is -0.490 e. The molecule has 6 nitrogen and oxygen atoms in total. The van der Waals surface area contributed by atoms with E-state index >= 15 is 0 Å². The van der Waals surface area contributed by atoms with Gasteiger partial charge in [-0.1, -0.05) is 17.7 Å². The quantitative estimate of drug-likeness (QED) is 0.818. The van der Waals surface area contributed by atoms with Crippen LogP contribution in [0, 0.1) is 6.92 Å². The topological polar surface area (TPSA) is 78.9 Å². The van der Waals surface area contributed by atoms with Gasteiger partial charge in [-0.05, 0) is 31.9 Å². The number of aryl methyl sites for hydroxylation is 1. The molecule has 2 N–H and O–H groups in total. The van der Waals surface area contributed by atoms with Gasteiger partial charge in [0.05, 0.1) is 6.54 Å². The molecule has 1 heterocycles. The fourth-order valence-electron chi connectivity index (χ4n) is 2.43. The first-order valence-corrected chi connectivity index (χ1v) is 7.47. The van der Waals surface area contributed by atoms with Crippen LogP contribution in [0.2, 0.25) is 0 Å². The Morgan fingerprint density at radius 2 is 1.87 bits per heavy atom. The number of carboxylic acids is 1. The molecule has 0 radical (unpaired) electrons. The second kappa shape index (κ2) is 9.37. The fraction of sp³-hybridized carbons (Fsp3) is 0.500. The highest BCUT2D eigenvalue weighted by molar-refractivity contribution is 5.85. The number of nitrogens with zero attached hydrogens (tertiary/aromatic N) is 1. The van der Waals surface area contributed by atoms with Gasteiger partial charge in [-0.3, -0.25) is 14.5 Å². The highest BCUT2D eigenvalue weighted by Gasteiger charge is 2.22. The Kier molecular flexibility index (Phi) is 7.85. The molecule has 23 heavy (non-hydrogen) atoms. The highest BCUT2D eigenvalue weighted by Crippen LogP contribution is 2.19. The molecule has 1 aromatic carbocycles. The van der Waals surface area contributed by atoms with Crippen LogP contribution in [0.25, 0.3) is 0 Å². The minimum absolute atomic E-state index is 0. The second-order valence-electron chi connectivity index (χ2n) is 5.58. The number of rotatable bonds is 6. The van der Waals surface area contributed by atoms with Gasteiger partial charge in [0.15, 0.2) is 0 Å². The first-order valence-electron chi connectivity index (χ1n) is 7.47. The molecular weight excluding hydrogens is 320 g/mol. The van der Waals surface area contributed by atoms with Crippen LogP contribution in [0.1, 0.15) is 18.4 Å². The number of hydrogen-bond donors (Lipinski definition) is 2. The standard InChI is InChI=1S/C16H22N2O4.ClH/c1-12-2-4-13(5-3-12)22-14-6-8-18(9-7-14)11-15(19)17-10-16(20)21;/h2-5,14H,6-11H2,1H3,(H,17,19)(H,20,21);1H. The number of ether oxygens (including phenoxy) is 1. The number of amides is 1. The number of halogens is 1. The van der Waals surface area contributed by atoms with Crippen molar-refractivity contribution in [3.63, 3.8) is 0 Å². The van der Waals surface area contributed by atoms with E-state index in [1.807, 2.05) is 36.1 Å². The molecule has 1 aliphatic heterocycles. The monoisotopic (exact) mass is 342 g/mol. The Morgan fingerprint density at radius 1 is 1.26 bits per heavy atom. The van der Waals surface area contributed by atoms with Gasteiger partial charge in [0, 0.05) is 13.1 Å². The van der Waals surface area contributed by atoms with Crippen molar-refractivity contribution in [2.24, 2.45) is 0 Å². The lowest BCUT2D eigenvalue weighted by Gasteiger charge is -2.31. The number of benzene rings is 1. The molecule has 1 amide bonds. The van der Waals surface area contributed by atoms with E-state index in [-0.39, 0.29) is 37.5 Å². The number of piperidine rings is 1. The molecule has 1 fully saturated rings. The number of aliphatic carboxylic acids is 1. The molecule has 1 aliphatic rings. The molecular formula is C16H23ClN2O4. The predicted octanol–water partition coefficient (Wildman–Crippen LogP) is 1.46. The zero-order valence-electron chi connectivity index (χ0n) is 13.2. The van der Waals surface area contributed by atoms with Crippen molar-refractivity contribution >= 4 is 24.3 Å². The third kappa shape index (κ3) is 6.88. The zero-order valence-corrected chi connectivity index (χ0v) is 14.0. The summed E-state index contributed by atoms with van der Waals surface area (Å²) in [5.41, 5.74) is 1.20. The maximum Gasteiger partial charge on any atom is 0.322 e. The summed E-state index contributed by atoms with van der Waals surface area (Å²) in [4.78, 5) is 24.0. The molecule has 128 valence electrons. The van der Waals surface area contributed by atoms with Crippen LogP contribution in [0.15, 0.2) is 24.3 Å². The van der Waals surface area contributed by atoms with Gasteiger partial charge in [0.25, 0.3) is 0 Å². The van der Waals surface area contributed by atoms with E-state index in [2.05, 4.69) is 5.32 Å². The number of nitrogens with one attached hydrogen (secondary N) is 1. The van der Waals surface area contributed by atoms with Crippen LogP contribution in [-0.4, -0.2) is 54.2 Å². The van der Waals surface area contributed by atoms with Gasteiger partial charge < -0.3 is 15.2 Å². The Balaban J connectivity index is 0.00000264. The summed E-state index contributed by atoms with van der Waals surface area (Å²) in [6.07, 6.45) is 1.89. The van der Waals surface area contributed by atoms with Crippen LogP contribution in [0.5, 0.6) is 5.75 Å². The summed E-state index contributed by atoms with van der Waals surface area (Å²) < 4.78 is 5.94. The van der Waals surface area contributed by atoms with Crippen molar-refractivity contribution in [3.05, 3.63) is 29.8 Å². The summed E-state index contributed by atoms with van der Waals surface area (Å²) in [6, 6.07) is 8.00. The minimum atomic E-state index is -1.03. The highest BCUT2D eigenvalue weighted by atomic mass is 35.5. The molecule has 0 unspecified atom stereocenters. The van der Waals surface area contributed by atoms with E-state index in [0.29, 0.717) is 0 Å². The van der Waals surface area contributed by atoms with Gasteiger partial charge in [0.2, 0.25) is 5.91 Å². The Labute approximate surface area is 142 Å². The van der Waals surface area contributed by atoms with E-state index in [4.69, 9.17) is 9.84 Å². The third-order valence-corrected chi connectivity index (χ3v) is 3.66. The molecule has 0 spiro atoms. The van der Waals surface area contributed by atoms with Gasteiger partial charge >= 0.3 is 5.97 Å². The molecule has 7 heteroatoms. The number of likely N-dealkylation sites (tertiary alicyclic amines) is 1. The molecule has 0 saturated carbocycles. The van der Waals surface area contributed by atoms with Crippen LogP contribution in [0.3, 0.4) is 0 Å². The smallest absolute Gasteiger partial charge is 0.322 e. The van der Waals surface area contributed by atoms with Crippen molar-refractivity contribution in [1.29, 1.82) is 0 Å². The molecule has 0 atom stereocenters. The second-order valence-corrected chi connectivity index (χ2v) is 5.58. The van der Waals surface area contributed by atoms with Crippen molar-refractivity contribution in [2.75, 3.05) is 26.2 Å². The average Bonchev–Trinajstić information content (AvgIpc) is 2.49. The summed E-state index contributed by atoms with van der Waals surface area (Å²) in [7, 11) is 0. The maximum atomic E-state index is 11.6. The van der Waals surface area contributed by atoms with E-state index in [9.17, 15) is 9.59 Å². The van der Waals surface area contributed by atoms with E-state index in [1.165, 1.54) is 5.56 Å². The van der Waals surface area contributed by atoms with Crippen LogP contribution in [0.4, 0.5) is 0 Å². The SMILES string of the molecule is Cc1ccc(OC2CCN(CC(=O)NCC(=O)O)CC2)cc1.Cl. The van der Waals surface area contributed by atoms with Gasteiger partial charge in [-0.15, -0.1) is 12.4 Å². The summed E-state index contributed by atoms with van der Waals surface area (Å²) in [5.74, 6) is -0.401. The summed E-state index contributed by atoms with van der Waals surface area (Å²) in [6.45, 7) is 3.50.